The van der Waals surface area contributed by atoms with Crippen LogP contribution >= 0.6 is 0 Å². The quantitative estimate of drug-likeness (QED) is 0.706. The van der Waals surface area contributed by atoms with Crippen LogP contribution in [0.25, 0.3) is 0 Å². The molecule has 1 saturated carbocycles. The monoisotopic (exact) mass is 355 g/mol. The second-order valence-corrected chi connectivity index (χ2v) is 7.22. The Kier molecular flexibility index (Phi) is 6.53. The van der Waals surface area contributed by atoms with E-state index in [1.54, 1.807) is 7.11 Å². The Morgan fingerprint density at radius 3 is 2.50 bits per heavy atom. The number of aliphatic hydroxyl groups is 1. The highest BCUT2D eigenvalue weighted by Gasteiger charge is 2.25. The van der Waals surface area contributed by atoms with E-state index in [1.807, 2.05) is 43.3 Å². The van der Waals surface area contributed by atoms with Crippen molar-refractivity contribution < 1.29 is 14.6 Å². The van der Waals surface area contributed by atoms with Crippen molar-refractivity contribution in [2.45, 2.75) is 32.4 Å². The first kappa shape index (κ1) is 18.7. The van der Waals surface area contributed by atoms with E-state index in [0.717, 1.165) is 36.1 Å². The van der Waals surface area contributed by atoms with Crippen molar-refractivity contribution in [1.29, 1.82) is 0 Å². The van der Waals surface area contributed by atoms with Gasteiger partial charge in [-0.25, -0.2) is 0 Å². The number of rotatable bonds is 10. The van der Waals surface area contributed by atoms with Gasteiger partial charge in [0.1, 0.15) is 24.2 Å². The molecule has 0 aromatic heterocycles. The van der Waals surface area contributed by atoms with E-state index >= 15 is 0 Å². The molecule has 26 heavy (non-hydrogen) atoms. The summed E-state index contributed by atoms with van der Waals surface area (Å²) >= 11 is 0. The van der Waals surface area contributed by atoms with E-state index in [2.05, 4.69) is 17.0 Å². The molecule has 0 amide bonds. The normalized spacial score (nSPS) is 15.1. The minimum absolute atomic E-state index is 0.314. The van der Waals surface area contributed by atoms with Crippen molar-refractivity contribution in [3.63, 3.8) is 0 Å². The molecule has 2 aromatic rings. The molecule has 1 fully saturated rings. The summed E-state index contributed by atoms with van der Waals surface area (Å²) in [6.45, 7) is 4.82. The van der Waals surface area contributed by atoms with Crippen LogP contribution in [0.2, 0.25) is 0 Å². The Morgan fingerprint density at radius 2 is 1.85 bits per heavy atom. The molecule has 0 spiro atoms. The first-order valence-electron chi connectivity index (χ1n) is 9.36. The molecule has 0 aliphatic heterocycles. The highest BCUT2D eigenvalue weighted by molar-refractivity contribution is 5.31. The predicted octanol–water partition coefficient (Wildman–Crippen LogP) is 3.66. The lowest BCUT2D eigenvalue weighted by molar-refractivity contribution is 0.0637. The molecule has 4 heteroatoms. The lowest BCUT2D eigenvalue weighted by atomic mass is 10.2. The average Bonchev–Trinajstić information content (AvgIpc) is 3.45. The van der Waals surface area contributed by atoms with Gasteiger partial charge in [0.2, 0.25) is 0 Å². The molecular weight excluding hydrogens is 326 g/mol. The van der Waals surface area contributed by atoms with Gasteiger partial charge in [0.15, 0.2) is 0 Å². The summed E-state index contributed by atoms with van der Waals surface area (Å²) in [5, 5.41) is 10.5. The lowest BCUT2D eigenvalue weighted by Gasteiger charge is -2.25. The second kappa shape index (κ2) is 9.06. The van der Waals surface area contributed by atoms with Crippen molar-refractivity contribution in [3.05, 3.63) is 59.7 Å². The molecule has 4 nitrogen and oxygen atoms in total. The maximum atomic E-state index is 10.5. The van der Waals surface area contributed by atoms with E-state index < -0.39 is 6.10 Å². The van der Waals surface area contributed by atoms with Crippen LogP contribution in [-0.4, -0.2) is 42.9 Å². The molecule has 1 N–H and O–H groups in total. The number of benzene rings is 2. The maximum absolute atomic E-state index is 10.5. The van der Waals surface area contributed by atoms with Gasteiger partial charge >= 0.3 is 0 Å². The van der Waals surface area contributed by atoms with Crippen LogP contribution in [-0.2, 0) is 6.54 Å². The third-order valence-electron chi connectivity index (χ3n) is 4.77. The average molecular weight is 355 g/mol. The van der Waals surface area contributed by atoms with Crippen molar-refractivity contribution in [1.82, 2.24) is 4.90 Å². The predicted molar refractivity (Wildman–Crippen MR) is 104 cm³/mol. The minimum atomic E-state index is -0.508. The first-order chi connectivity index (χ1) is 12.6. The highest BCUT2D eigenvalue weighted by atomic mass is 16.5. The summed E-state index contributed by atoms with van der Waals surface area (Å²) in [6, 6.07) is 16.1. The minimum Gasteiger partial charge on any atom is -0.497 e. The molecule has 3 rings (SSSR count). The SMILES string of the molecule is COc1ccc(CN(CC(O)COc2ccccc2C)CC2CC2)cc1. The van der Waals surface area contributed by atoms with Crippen LogP contribution in [0, 0.1) is 12.8 Å². The molecule has 0 bridgehead atoms. The van der Waals surface area contributed by atoms with Crippen LogP contribution in [0.5, 0.6) is 11.5 Å². The van der Waals surface area contributed by atoms with E-state index in [0.29, 0.717) is 13.2 Å². The number of aliphatic hydroxyl groups excluding tert-OH is 1. The number of hydrogen-bond donors (Lipinski definition) is 1. The second-order valence-electron chi connectivity index (χ2n) is 7.22. The number of aryl methyl sites for hydroxylation is 1. The maximum Gasteiger partial charge on any atom is 0.122 e. The third-order valence-corrected chi connectivity index (χ3v) is 4.77. The molecule has 1 atom stereocenters. The van der Waals surface area contributed by atoms with Gasteiger partial charge in [0.25, 0.3) is 0 Å². The summed E-state index contributed by atoms with van der Waals surface area (Å²) in [4.78, 5) is 2.34. The summed E-state index contributed by atoms with van der Waals surface area (Å²) < 4.78 is 11.0. The Labute approximate surface area is 156 Å². The van der Waals surface area contributed by atoms with Gasteiger partial charge in [-0.3, -0.25) is 4.90 Å². The topological polar surface area (TPSA) is 41.9 Å². The van der Waals surface area contributed by atoms with Crippen LogP contribution in [0.4, 0.5) is 0 Å². The molecule has 1 aliphatic rings. The van der Waals surface area contributed by atoms with Gasteiger partial charge < -0.3 is 14.6 Å². The molecular formula is C22H29NO3. The molecule has 0 saturated heterocycles. The van der Waals surface area contributed by atoms with Crippen LogP contribution < -0.4 is 9.47 Å². The summed E-state index contributed by atoms with van der Waals surface area (Å²) in [6.07, 6.45) is 2.09. The molecule has 140 valence electrons. The number of para-hydroxylation sites is 1. The van der Waals surface area contributed by atoms with Crippen molar-refractivity contribution in [2.75, 3.05) is 26.8 Å². The van der Waals surface area contributed by atoms with Gasteiger partial charge in [-0.05, 0) is 55.0 Å². The molecule has 1 unspecified atom stereocenters. The number of methoxy groups -OCH3 is 1. The third kappa shape index (κ3) is 5.75. The Balaban J connectivity index is 1.53. The number of ether oxygens (including phenoxy) is 2. The highest BCUT2D eigenvalue weighted by Crippen LogP contribution is 2.30. The van der Waals surface area contributed by atoms with Gasteiger partial charge in [-0.1, -0.05) is 30.3 Å². The van der Waals surface area contributed by atoms with E-state index in [1.165, 1.54) is 18.4 Å². The van der Waals surface area contributed by atoms with E-state index in [9.17, 15) is 5.11 Å². The summed E-state index contributed by atoms with van der Waals surface area (Å²) in [5.74, 6) is 2.49. The number of hydrogen-bond acceptors (Lipinski definition) is 4. The number of nitrogens with zero attached hydrogens (tertiary/aromatic N) is 1. The van der Waals surface area contributed by atoms with Crippen LogP contribution in [0.1, 0.15) is 24.0 Å². The van der Waals surface area contributed by atoms with Gasteiger partial charge in [0, 0.05) is 19.6 Å². The van der Waals surface area contributed by atoms with Gasteiger partial charge in [-0.15, -0.1) is 0 Å². The standard InChI is InChI=1S/C22H29NO3/c1-17-5-3-4-6-22(17)26-16-20(24)15-23(13-18-7-8-18)14-19-9-11-21(25-2)12-10-19/h3-6,9-12,18,20,24H,7-8,13-16H2,1-2H3. The fraction of sp³-hybridized carbons (Fsp3) is 0.455. The largest absolute Gasteiger partial charge is 0.497 e. The zero-order valence-electron chi connectivity index (χ0n) is 15.7. The lowest BCUT2D eigenvalue weighted by Crippen LogP contribution is -2.36. The molecule has 0 heterocycles. The zero-order valence-corrected chi connectivity index (χ0v) is 15.7. The fourth-order valence-corrected chi connectivity index (χ4v) is 3.11. The fourth-order valence-electron chi connectivity index (χ4n) is 3.11. The van der Waals surface area contributed by atoms with E-state index in [4.69, 9.17) is 9.47 Å². The van der Waals surface area contributed by atoms with Gasteiger partial charge in [0.05, 0.1) is 7.11 Å². The van der Waals surface area contributed by atoms with Gasteiger partial charge in [-0.2, -0.15) is 0 Å². The van der Waals surface area contributed by atoms with Crippen molar-refractivity contribution >= 4 is 0 Å². The van der Waals surface area contributed by atoms with Crippen LogP contribution in [0.3, 0.4) is 0 Å². The van der Waals surface area contributed by atoms with E-state index in [-0.39, 0.29) is 0 Å². The molecule has 1 aliphatic carbocycles. The zero-order chi connectivity index (χ0) is 18.4. The molecule has 2 aromatic carbocycles. The van der Waals surface area contributed by atoms with Crippen molar-refractivity contribution in [3.8, 4) is 11.5 Å². The van der Waals surface area contributed by atoms with Crippen LogP contribution in [0.15, 0.2) is 48.5 Å². The van der Waals surface area contributed by atoms with Crippen molar-refractivity contribution in [2.24, 2.45) is 5.92 Å². The Hall–Kier alpha value is -2.04. The first-order valence-corrected chi connectivity index (χ1v) is 9.36. The smallest absolute Gasteiger partial charge is 0.122 e. The Bertz CT molecular complexity index is 682. The molecule has 0 radical (unpaired) electrons. The summed E-state index contributed by atoms with van der Waals surface area (Å²) in [7, 11) is 1.68. The Morgan fingerprint density at radius 1 is 1.12 bits per heavy atom. The summed E-state index contributed by atoms with van der Waals surface area (Å²) in [5.41, 5.74) is 2.33.